The number of hydrogen-bond donors (Lipinski definition) is 1. The molecule has 5 heteroatoms. The Kier molecular flexibility index (Phi) is 5.23. The number of rotatable bonds is 7. The number of nitrogens with one attached hydrogen (secondary N) is 1. The summed E-state index contributed by atoms with van der Waals surface area (Å²) < 4.78 is 6.85. The third-order valence-electron chi connectivity index (χ3n) is 3.98. The Morgan fingerprint density at radius 3 is 2.55 bits per heavy atom. The van der Waals surface area contributed by atoms with Crippen molar-refractivity contribution in [3.8, 4) is 0 Å². The average molecular weight is 389 g/mol. The SMILES string of the molecule is CCCNc1nc(C(C)(CC)OC)nc(C2CC2)c1I. The minimum absolute atomic E-state index is 0.406. The molecule has 1 fully saturated rings. The summed E-state index contributed by atoms with van der Waals surface area (Å²) in [5.41, 5.74) is 0.794. The third-order valence-corrected chi connectivity index (χ3v) is 5.05. The van der Waals surface area contributed by atoms with E-state index in [2.05, 4.69) is 48.7 Å². The number of nitrogens with zero attached hydrogens (tertiary/aromatic N) is 2. The molecular weight excluding hydrogens is 365 g/mol. The van der Waals surface area contributed by atoms with E-state index in [1.807, 2.05) is 0 Å². The summed E-state index contributed by atoms with van der Waals surface area (Å²) in [6.45, 7) is 7.28. The van der Waals surface area contributed by atoms with Gasteiger partial charge in [0, 0.05) is 19.6 Å². The van der Waals surface area contributed by atoms with Gasteiger partial charge < -0.3 is 10.1 Å². The van der Waals surface area contributed by atoms with Crippen LogP contribution in [0, 0.1) is 3.57 Å². The summed E-state index contributed by atoms with van der Waals surface area (Å²) in [4.78, 5) is 9.57. The van der Waals surface area contributed by atoms with E-state index in [-0.39, 0.29) is 0 Å². The molecule has 1 N–H and O–H groups in total. The summed E-state index contributed by atoms with van der Waals surface area (Å²) in [7, 11) is 1.74. The van der Waals surface area contributed by atoms with Gasteiger partial charge in [-0.3, -0.25) is 0 Å². The van der Waals surface area contributed by atoms with Crippen LogP contribution in [0.2, 0.25) is 0 Å². The van der Waals surface area contributed by atoms with Gasteiger partial charge in [0.25, 0.3) is 0 Å². The molecule has 1 heterocycles. The zero-order valence-corrected chi connectivity index (χ0v) is 15.0. The maximum atomic E-state index is 5.67. The number of methoxy groups -OCH3 is 1. The van der Waals surface area contributed by atoms with Crippen LogP contribution in [0.25, 0.3) is 0 Å². The van der Waals surface area contributed by atoms with Crippen LogP contribution < -0.4 is 5.32 Å². The van der Waals surface area contributed by atoms with Gasteiger partial charge in [-0.25, -0.2) is 9.97 Å². The van der Waals surface area contributed by atoms with Gasteiger partial charge in [-0.05, 0) is 55.2 Å². The molecule has 0 aliphatic heterocycles. The maximum absolute atomic E-state index is 5.67. The number of halogens is 1. The Bertz CT molecular complexity index is 470. The first-order valence-corrected chi connectivity index (χ1v) is 8.50. The van der Waals surface area contributed by atoms with Crippen LogP contribution in [0.4, 0.5) is 5.82 Å². The lowest BCUT2D eigenvalue weighted by Crippen LogP contribution is -2.28. The predicted molar refractivity (Wildman–Crippen MR) is 90.2 cm³/mol. The van der Waals surface area contributed by atoms with E-state index in [0.717, 1.165) is 31.0 Å². The van der Waals surface area contributed by atoms with Crippen molar-refractivity contribution in [2.45, 2.75) is 58.0 Å². The Morgan fingerprint density at radius 1 is 1.35 bits per heavy atom. The van der Waals surface area contributed by atoms with Crippen LogP contribution >= 0.6 is 22.6 Å². The fourth-order valence-electron chi connectivity index (χ4n) is 2.08. The summed E-state index contributed by atoms with van der Waals surface area (Å²) in [5.74, 6) is 2.39. The largest absolute Gasteiger partial charge is 0.371 e. The summed E-state index contributed by atoms with van der Waals surface area (Å²) in [6, 6.07) is 0. The third kappa shape index (κ3) is 3.24. The van der Waals surface area contributed by atoms with Crippen LogP contribution in [0.5, 0.6) is 0 Å². The van der Waals surface area contributed by atoms with E-state index >= 15 is 0 Å². The van der Waals surface area contributed by atoms with Gasteiger partial charge in [0.1, 0.15) is 11.4 Å². The van der Waals surface area contributed by atoms with Crippen LogP contribution in [0.15, 0.2) is 0 Å². The molecule has 4 nitrogen and oxygen atoms in total. The summed E-state index contributed by atoms with van der Waals surface area (Å²) in [5, 5.41) is 3.43. The van der Waals surface area contributed by atoms with Crippen molar-refractivity contribution in [2.24, 2.45) is 0 Å². The van der Waals surface area contributed by atoms with Crippen molar-refractivity contribution in [2.75, 3.05) is 19.0 Å². The molecule has 0 radical (unpaired) electrons. The molecule has 0 amide bonds. The standard InChI is InChI=1S/C15H24IN3O/c1-5-9-17-13-11(16)12(10-7-8-10)18-14(19-13)15(3,6-2)20-4/h10H,5-9H2,1-4H3,(H,17,18,19). The van der Waals surface area contributed by atoms with Gasteiger partial charge in [-0.15, -0.1) is 0 Å². The zero-order valence-electron chi connectivity index (χ0n) is 12.8. The summed E-state index contributed by atoms with van der Waals surface area (Å²) in [6.07, 6.45) is 4.44. The maximum Gasteiger partial charge on any atom is 0.162 e. The molecule has 1 aromatic heterocycles. The zero-order chi connectivity index (χ0) is 14.8. The Morgan fingerprint density at radius 2 is 2.05 bits per heavy atom. The highest BCUT2D eigenvalue weighted by Crippen LogP contribution is 2.43. The first kappa shape index (κ1) is 15.9. The van der Waals surface area contributed by atoms with Crippen LogP contribution in [0.1, 0.15) is 63.9 Å². The van der Waals surface area contributed by atoms with E-state index < -0.39 is 5.60 Å². The van der Waals surface area contributed by atoms with Crippen molar-refractivity contribution in [3.63, 3.8) is 0 Å². The molecule has 112 valence electrons. The van der Waals surface area contributed by atoms with Crippen molar-refractivity contribution in [1.29, 1.82) is 0 Å². The van der Waals surface area contributed by atoms with E-state index in [1.54, 1.807) is 7.11 Å². The molecule has 1 aliphatic carbocycles. The quantitative estimate of drug-likeness (QED) is 0.715. The fraction of sp³-hybridized carbons (Fsp3) is 0.733. The molecule has 0 aromatic carbocycles. The van der Waals surface area contributed by atoms with Crippen LogP contribution in [-0.4, -0.2) is 23.6 Å². The smallest absolute Gasteiger partial charge is 0.162 e. The van der Waals surface area contributed by atoms with E-state index in [1.165, 1.54) is 22.1 Å². The minimum atomic E-state index is -0.406. The molecule has 1 aliphatic rings. The number of ether oxygens (including phenoxy) is 1. The topological polar surface area (TPSA) is 47.0 Å². The Hall–Kier alpha value is -0.430. The van der Waals surface area contributed by atoms with Crippen LogP contribution in [-0.2, 0) is 10.3 Å². The molecule has 1 atom stereocenters. The lowest BCUT2D eigenvalue weighted by Gasteiger charge is -2.26. The summed E-state index contributed by atoms with van der Waals surface area (Å²) >= 11 is 2.38. The Labute approximate surface area is 135 Å². The van der Waals surface area contributed by atoms with Gasteiger partial charge in [-0.2, -0.15) is 0 Å². The highest BCUT2D eigenvalue weighted by Gasteiger charge is 2.34. The van der Waals surface area contributed by atoms with Gasteiger partial charge in [0.2, 0.25) is 0 Å². The molecule has 0 bridgehead atoms. The first-order valence-electron chi connectivity index (χ1n) is 7.42. The molecule has 0 saturated heterocycles. The van der Waals surface area contributed by atoms with Gasteiger partial charge in [-0.1, -0.05) is 13.8 Å². The van der Waals surface area contributed by atoms with E-state index in [9.17, 15) is 0 Å². The van der Waals surface area contributed by atoms with Gasteiger partial charge >= 0.3 is 0 Å². The Balaban J connectivity index is 2.43. The van der Waals surface area contributed by atoms with Crippen molar-refractivity contribution in [3.05, 3.63) is 15.1 Å². The highest BCUT2D eigenvalue weighted by atomic mass is 127. The molecular formula is C15H24IN3O. The fourth-order valence-corrected chi connectivity index (χ4v) is 2.95. The number of anilines is 1. The normalized spacial score (nSPS) is 17.9. The van der Waals surface area contributed by atoms with E-state index in [0.29, 0.717) is 5.92 Å². The molecule has 20 heavy (non-hydrogen) atoms. The molecule has 1 saturated carbocycles. The molecule has 2 rings (SSSR count). The van der Waals surface area contributed by atoms with Crippen LogP contribution in [0.3, 0.4) is 0 Å². The highest BCUT2D eigenvalue weighted by molar-refractivity contribution is 14.1. The predicted octanol–water partition coefficient (Wildman–Crippen LogP) is 4.05. The molecule has 1 unspecified atom stereocenters. The van der Waals surface area contributed by atoms with Crippen molar-refractivity contribution in [1.82, 2.24) is 9.97 Å². The second-order valence-electron chi connectivity index (χ2n) is 5.58. The van der Waals surface area contributed by atoms with Gasteiger partial charge in [0.05, 0.1) is 9.26 Å². The van der Waals surface area contributed by atoms with E-state index in [4.69, 9.17) is 14.7 Å². The monoisotopic (exact) mass is 389 g/mol. The minimum Gasteiger partial charge on any atom is -0.371 e. The average Bonchev–Trinajstić information content (AvgIpc) is 3.30. The second kappa shape index (κ2) is 6.56. The number of hydrogen-bond acceptors (Lipinski definition) is 4. The molecule has 0 spiro atoms. The van der Waals surface area contributed by atoms with Crippen molar-refractivity contribution >= 4 is 28.4 Å². The second-order valence-corrected chi connectivity index (χ2v) is 6.66. The molecule has 1 aromatic rings. The lowest BCUT2D eigenvalue weighted by molar-refractivity contribution is -0.00907. The lowest BCUT2D eigenvalue weighted by atomic mass is 10.0. The number of aromatic nitrogens is 2. The first-order chi connectivity index (χ1) is 9.55. The van der Waals surface area contributed by atoms with Gasteiger partial charge in [0.15, 0.2) is 5.82 Å². The van der Waals surface area contributed by atoms with Crippen molar-refractivity contribution < 1.29 is 4.74 Å².